The van der Waals surface area contributed by atoms with Gasteiger partial charge in [0.25, 0.3) is 0 Å². The number of rotatable bonds is 6. The highest BCUT2D eigenvalue weighted by molar-refractivity contribution is 7.15. The van der Waals surface area contributed by atoms with Crippen molar-refractivity contribution in [3.05, 3.63) is 34.8 Å². The number of aliphatic hydroxyl groups excluding tert-OH is 2. The van der Waals surface area contributed by atoms with E-state index in [0.717, 1.165) is 36.3 Å². The Labute approximate surface area is 227 Å². The molecule has 5 atom stereocenters. The number of phenols is 1. The fourth-order valence-corrected chi connectivity index (χ4v) is 8.32. The van der Waals surface area contributed by atoms with Gasteiger partial charge in [0.05, 0.1) is 18.4 Å². The number of aliphatic hydroxyl groups is 2. The molecule has 2 aromatic rings. The number of anilines is 2. The molecule has 9 heteroatoms. The number of aromatic nitrogens is 1. The molecular weight excluding hydrogens is 502 g/mol. The Kier molecular flexibility index (Phi) is 7.55. The Balaban J connectivity index is 1.46. The van der Waals surface area contributed by atoms with Gasteiger partial charge in [-0.2, -0.15) is 0 Å². The maximum absolute atomic E-state index is 13.3. The van der Waals surface area contributed by atoms with Crippen molar-refractivity contribution in [2.24, 2.45) is 22.7 Å². The third kappa shape index (κ3) is 4.96. The molecular formula is C29H39N3O5S. The monoisotopic (exact) mass is 541 g/mol. The first kappa shape index (κ1) is 27.1. The lowest BCUT2D eigenvalue weighted by Crippen LogP contribution is -2.57. The van der Waals surface area contributed by atoms with Crippen molar-refractivity contribution in [2.45, 2.75) is 83.7 Å². The first-order valence-electron chi connectivity index (χ1n) is 13.8. The van der Waals surface area contributed by atoms with Crippen LogP contribution in [0.3, 0.4) is 0 Å². The van der Waals surface area contributed by atoms with Crippen molar-refractivity contribution in [1.29, 1.82) is 0 Å². The zero-order valence-corrected chi connectivity index (χ0v) is 23.0. The predicted octanol–water partition coefficient (Wildman–Crippen LogP) is 4.81. The van der Waals surface area contributed by atoms with E-state index in [4.69, 9.17) is 4.98 Å². The largest absolute Gasteiger partial charge is 0.508 e. The van der Waals surface area contributed by atoms with E-state index in [1.807, 2.05) is 6.92 Å². The molecule has 206 valence electrons. The Morgan fingerprint density at radius 3 is 2.61 bits per heavy atom. The van der Waals surface area contributed by atoms with Gasteiger partial charge < -0.3 is 26.0 Å². The number of carbonyl (C=O) groups is 2. The van der Waals surface area contributed by atoms with Crippen LogP contribution in [0.15, 0.2) is 24.3 Å². The normalized spacial score (nSPS) is 31.2. The number of fused-ring (bicyclic) bond motifs is 2. The molecule has 8 nitrogen and oxygen atoms in total. The van der Waals surface area contributed by atoms with Crippen molar-refractivity contribution >= 4 is 34.0 Å². The van der Waals surface area contributed by atoms with Crippen LogP contribution in [0.1, 0.15) is 81.7 Å². The molecule has 2 fully saturated rings. The smallest absolute Gasteiger partial charge is 0.229 e. The Morgan fingerprint density at radius 2 is 1.89 bits per heavy atom. The van der Waals surface area contributed by atoms with Gasteiger partial charge in [-0.05, 0) is 55.6 Å². The van der Waals surface area contributed by atoms with Gasteiger partial charge in [0.2, 0.25) is 11.8 Å². The van der Waals surface area contributed by atoms with Gasteiger partial charge in [-0.15, -0.1) is 11.3 Å². The maximum atomic E-state index is 13.3. The Hall–Kier alpha value is -2.49. The van der Waals surface area contributed by atoms with Crippen LogP contribution in [0.25, 0.3) is 0 Å². The number of nitrogens with zero attached hydrogens (tertiary/aromatic N) is 1. The lowest BCUT2D eigenvalue weighted by molar-refractivity contribution is -0.143. The van der Waals surface area contributed by atoms with Gasteiger partial charge in [-0.3, -0.25) is 9.59 Å². The summed E-state index contributed by atoms with van der Waals surface area (Å²) in [5.74, 6) is -0.381. The molecule has 1 aromatic carbocycles. The van der Waals surface area contributed by atoms with E-state index in [-0.39, 0.29) is 53.8 Å². The van der Waals surface area contributed by atoms with Crippen LogP contribution in [0.5, 0.6) is 5.75 Å². The summed E-state index contributed by atoms with van der Waals surface area (Å²) in [7, 11) is 0. The van der Waals surface area contributed by atoms with E-state index in [0.29, 0.717) is 30.1 Å². The van der Waals surface area contributed by atoms with Crippen LogP contribution in [-0.2, 0) is 16.0 Å². The summed E-state index contributed by atoms with van der Waals surface area (Å²) in [5, 5.41) is 37.8. The number of aromatic hydroxyl groups is 1. The van der Waals surface area contributed by atoms with Gasteiger partial charge in [0, 0.05) is 40.3 Å². The number of phenolic OH excluding ortho intramolecular Hbond substituents is 1. The van der Waals surface area contributed by atoms with Crippen molar-refractivity contribution in [2.75, 3.05) is 17.2 Å². The maximum Gasteiger partial charge on any atom is 0.229 e. The highest BCUT2D eigenvalue weighted by Crippen LogP contribution is 2.62. The molecule has 0 radical (unpaired) electrons. The summed E-state index contributed by atoms with van der Waals surface area (Å²) in [5.41, 5.74) is 0.278. The second kappa shape index (κ2) is 10.6. The summed E-state index contributed by atoms with van der Waals surface area (Å²) >= 11 is 1.46. The molecule has 0 spiro atoms. The lowest BCUT2D eigenvalue weighted by atomic mass is 9.47. The summed E-state index contributed by atoms with van der Waals surface area (Å²) in [4.78, 5) is 32.2. The first-order valence-corrected chi connectivity index (χ1v) is 14.6. The molecule has 0 aliphatic heterocycles. The standard InChI is InChI=1S/C29H39N3O5S/c1-28-12-11-23(35)29(2,16-33)22(28)15-21-25(20(28)14-24(36)30-18-9-6-10-19(34)13-18)31-27(38-21)32-26(37)17-7-4-3-5-8-17/h6,9-10,13,17,20,22-23,33-35H,3-5,7-8,11-12,14-16H2,1-2H3,(H,30,36)(H,31,32,37). The minimum absolute atomic E-state index is 0.0152. The average molecular weight is 542 g/mol. The van der Waals surface area contributed by atoms with E-state index >= 15 is 0 Å². The van der Waals surface area contributed by atoms with Crippen molar-refractivity contribution in [3.8, 4) is 5.75 Å². The van der Waals surface area contributed by atoms with Gasteiger partial charge in [0.15, 0.2) is 5.13 Å². The SMILES string of the molecule is CC1(CO)C(O)CCC2(C)C(CC(=O)Nc3cccc(O)c3)c3nc(NC(=O)C4CCCCC4)sc3CC12. The van der Waals surface area contributed by atoms with Crippen molar-refractivity contribution in [3.63, 3.8) is 0 Å². The minimum atomic E-state index is -0.708. The third-order valence-electron chi connectivity index (χ3n) is 9.62. The molecule has 3 aliphatic carbocycles. The van der Waals surface area contributed by atoms with Crippen LogP contribution in [0, 0.1) is 22.7 Å². The van der Waals surface area contributed by atoms with Crippen LogP contribution >= 0.6 is 11.3 Å². The predicted molar refractivity (Wildman–Crippen MR) is 147 cm³/mol. The molecule has 1 aromatic heterocycles. The fourth-order valence-electron chi connectivity index (χ4n) is 7.25. The third-order valence-corrected chi connectivity index (χ3v) is 10.6. The van der Waals surface area contributed by atoms with Crippen molar-refractivity contribution in [1.82, 2.24) is 4.98 Å². The lowest BCUT2D eigenvalue weighted by Gasteiger charge is -2.58. The van der Waals surface area contributed by atoms with Crippen LogP contribution in [-0.4, -0.2) is 44.8 Å². The Morgan fingerprint density at radius 1 is 1.13 bits per heavy atom. The zero-order chi connectivity index (χ0) is 27.1. The summed E-state index contributed by atoms with van der Waals surface area (Å²) in [6.45, 7) is 3.96. The molecule has 1 heterocycles. The second-order valence-corrected chi connectivity index (χ2v) is 13.1. The first-order chi connectivity index (χ1) is 18.1. The van der Waals surface area contributed by atoms with E-state index in [1.54, 1.807) is 18.2 Å². The molecule has 5 N–H and O–H groups in total. The van der Waals surface area contributed by atoms with Gasteiger partial charge in [-0.1, -0.05) is 39.2 Å². The minimum Gasteiger partial charge on any atom is -0.508 e. The molecule has 2 saturated carbocycles. The Bertz CT molecular complexity index is 1190. The molecule has 0 bridgehead atoms. The highest BCUT2D eigenvalue weighted by Gasteiger charge is 2.59. The van der Waals surface area contributed by atoms with E-state index in [2.05, 4.69) is 17.6 Å². The van der Waals surface area contributed by atoms with Gasteiger partial charge >= 0.3 is 0 Å². The van der Waals surface area contributed by atoms with Gasteiger partial charge in [0.1, 0.15) is 5.75 Å². The number of hydrogen-bond donors (Lipinski definition) is 5. The molecule has 5 unspecified atom stereocenters. The fraction of sp³-hybridized carbons (Fsp3) is 0.621. The number of nitrogens with one attached hydrogen (secondary N) is 2. The number of benzene rings is 1. The van der Waals surface area contributed by atoms with E-state index < -0.39 is 11.5 Å². The number of thiazole rings is 1. The highest BCUT2D eigenvalue weighted by atomic mass is 32.1. The molecule has 5 rings (SSSR count). The average Bonchev–Trinajstić information content (AvgIpc) is 3.30. The van der Waals surface area contributed by atoms with Crippen LogP contribution < -0.4 is 10.6 Å². The molecule has 0 saturated heterocycles. The number of hydrogen-bond acceptors (Lipinski definition) is 7. The van der Waals surface area contributed by atoms with Crippen LogP contribution in [0.4, 0.5) is 10.8 Å². The molecule has 3 aliphatic rings. The number of carbonyl (C=O) groups excluding carboxylic acids is 2. The van der Waals surface area contributed by atoms with E-state index in [1.165, 1.54) is 23.8 Å². The van der Waals surface area contributed by atoms with Crippen molar-refractivity contribution < 1.29 is 24.9 Å². The zero-order valence-electron chi connectivity index (χ0n) is 22.2. The van der Waals surface area contributed by atoms with Gasteiger partial charge in [-0.25, -0.2) is 4.98 Å². The molecule has 2 amide bonds. The topological polar surface area (TPSA) is 132 Å². The van der Waals surface area contributed by atoms with Crippen LogP contribution in [0.2, 0.25) is 0 Å². The number of amides is 2. The quantitative estimate of drug-likeness (QED) is 0.357. The molecule has 38 heavy (non-hydrogen) atoms. The summed E-state index contributed by atoms with van der Waals surface area (Å²) in [6.07, 6.45) is 6.57. The summed E-state index contributed by atoms with van der Waals surface area (Å²) in [6, 6.07) is 6.47. The second-order valence-electron chi connectivity index (χ2n) is 12.0. The summed E-state index contributed by atoms with van der Waals surface area (Å²) < 4.78 is 0. The van der Waals surface area contributed by atoms with E-state index in [9.17, 15) is 24.9 Å².